The third kappa shape index (κ3) is 2.89. The molecule has 0 bridgehead atoms. The Bertz CT molecular complexity index is 1040. The molecule has 25 heavy (non-hydrogen) atoms. The van der Waals surface area contributed by atoms with E-state index >= 15 is 0 Å². The van der Waals surface area contributed by atoms with E-state index in [9.17, 15) is 13.2 Å². The zero-order chi connectivity index (χ0) is 17.4. The summed E-state index contributed by atoms with van der Waals surface area (Å²) in [6.45, 7) is 0. The van der Waals surface area contributed by atoms with Gasteiger partial charge in [0.05, 0.1) is 5.56 Å². The molecular weight excluding hydrogens is 327 g/mol. The molecule has 0 N–H and O–H groups in total. The largest absolute Gasteiger partial charge is 0.436 e. The summed E-state index contributed by atoms with van der Waals surface area (Å²) in [7, 11) is 0. The van der Waals surface area contributed by atoms with Gasteiger partial charge in [0.2, 0.25) is 5.89 Å². The quantitative estimate of drug-likeness (QED) is 0.436. The summed E-state index contributed by atoms with van der Waals surface area (Å²) < 4.78 is 45.5. The maximum atomic E-state index is 13.2. The van der Waals surface area contributed by atoms with Gasteiger partial charge in [-0.1, -0.05) is 42.5 Å². The van der Waals surface area contributed by atoms with Crippen LogP contribution < -0.4 is 0 Å². The van der Waals surface area contributed by atoms with Crippen LogP contribution in [0.15, 0.2) is 77.2 Å². The Morgan fingerprint density at radius 2 is 1.48 bits per heavy atom. The Hall–Kier alpha value is -3.08. The lowest BCUT2D eigenvalue weighted by Crippen LogP contribution is -2.06. The van der Waals surface area contributed by atoms with Crippen molar-refractivity contribution in [1.82, 2.24) is 4.98 Å². The van der Waals surface area contributed by atoms with E-state index in [0.717, 1.165) is 11.6 Å². The van der Waals surface area contributed by atoms with Gasteiger partial charge in [0, 0.05) is 5.56 Å². The summed E-state index contributed by atoms with van der Waals surface area (Å²) in [5.74, 6) is 0.442. The van der Waals surface area contributed by atoms with E-state index in [1.54, 1.807) is 24.3 Å². The van der Waals surface area contributed by atoms with Gasteiger partial charge in [-0.3, -0.25) is 0 Å². The van der Waals surface area contributed by atoms with Gasteiger partial charge < -0.3 is 4.42 Å². The molecule has 0 fully saturated rings. The number of rotatable bonds is 2. The Morgan fingerprint density at radius 1 is 0.760 bits per heavy atom. The fourth-order valence-corrected chi connectivity index (χ4v) is 2.78. The molecule has 0 aliphatic heterocycles. The number of oxazole rings is 1. The molecule has 1 heterocycles. The molecule has 5 heteroatoms. The molecule has 0 aliphatic carbocycles. The van der Waals surface area contributed by atoms with Crippen molar-refractivity contribution in [2.24, 2.45) is 0 Å². The highest BCUT2D eigenvalue weighted by Gasteiger charge is 2.33. The number of alkyl halides is 3. The highest BCUT2D eigenvalue weighted by Crippen LogP contribution is 2.38. The van der Waals surface area contributed by atoms with Gasteiger partial charge in [-0.25, -0.2) is 4.98 Å². The second-order valence-electron chi connectivity index (χ2n) is 5.61. The van der Waals surface area contributed by atoms with Crippen LogP contribution >= 0.6 is 0 Å². The first-order valence-electron chi connectivity index (χ1n) is 7.65. The lowest BCUT2D eigenvalue weighted by molar-refractivity contribution is -0.137. The second-order valence-corrected chi connectivity index (χ2v) is 5.61. The summed E-state index contributed by atoms with van der Waals surface area (Å²) in [6.07, 6.45) is -4.41. The minimum absolute atomic E-state index is 0.120. The number of hydrogen-bond donors (Lipinski definition) is 0. The lowest BCUT2D eigenvalue weighted by Gasteiger charge is -2.12. The van der Waals surface area contributed by atoms with E-state index in [1.807, 2.05) is 30.3 Å². The van der Waals surface area contributed by atoms with E-state index in [1.165, 1.54) is 12.1 Å². The van der Waals surface area contributed by atoms with Gasteiger partial charge in [0.15, 0.2) is 5.58 Å². The fourth-order valence-electron chi connectivity index (χ4n) is 2.78. The Labute approximate surface area is 141 Å². The van der Waals surface area contributed by atoms with Crippen LogP contribution in [-0.4, -0.2) is 4.98 Å². The van der Waals surface area contributed by atoms with Crippen LogP contribution in [0.4, 0.5) is 13.2 Å². The van der Waals surface area contributed by atoms with Crippen molar-refractivity contribution in [2.45, 2.75) is 6.18 Å². The van der Waals surface area contributed by atoms with Crippen molar-refractivity contribution in [1.29, 1.82) is 0 Å². The van der Waals surface area contributed by atoms with E-state index in [2.05, 4.69) is 4.98 Å². The van der Waals surface area contributed by atoms with E-state index < -0.39 is 11.7 Å². The molecule has 0 spiro atoms. The summed E-state index contributed by atoms with van der Waals surface area (Å²) in [4.78, 5) is 4.40. The van der Waals surface area contributed by atoms with Crippen molar-refractivity contribution >= 4 is 11.1 Å². The molecule has 0 unspecified atom stereocenters. The lowest BCUT2D eigenvalue weighted by atomic mass is 9.99. The summed E-state index contributed by atoms with van der Waals surface area (Å²) in [5, 5.41) is 0. The molecule has 0 saturated carbocycles. The highest BCUT2D eigenvalue weighted by molar-refractivity contribution is 5.83. The maximum Gasteiger partial charge on any atom is 0.417 e. The highest BCUT2D eigenvalue weighted by atomic mass is 19.4. The molecule has 4 aromatic rings. The Kier molecular flexibility index (Phi) is 3.57. The van der Waals surface area contributed by atoms with E-state index in [0.29, 0.717) is 22.6 Å². The third-order valence-electron chi connectivity index (χ3n) is 3.95. The molecule has 0 radical (unpaired) electrons. The van der Waals surface area contributed by atoms with Crippen LogP contribution in [-0.2, 0) is 6.18 Å². The zero-order valence-electron chi connectivity index (χ0n) is 12.9. The van der Waals surface area contributed by atoms with Crippen LogP contribution in [0, 0.1) is 0 Å². The summed E-state index contributed by atoms with van der Waals surface area (Å²) >= 11 is 0. The van der Waals surface area contributed by atoms with Crippen molar-refractivity contribution in [2.75, 3.05) is 0 Å². The van der Waals surface area contributed by atoms with E-state index in [-0.39, 0.29) is 5.56 Å². The van der Waals surface area contributed by atoms with Crippen molar-refractivity contribution < 1.29 is 17.6 Å². The smallest absolute Gasteiger partial charge is 0.417 e. The fraction of sp³-hybridized carbons (Fsp3) is 0.0500. The summed E-state index contributed by atoms with van der Waals surface area (Å²) in [6, 6.07) is 19.8. The number of fused-ring (bicyclic) bond motifs is 1. The van der Waals surface area contributed by atoms with Crippen LogP contribution in [0.2, 0.25) is 0 Å². The van der Waals surface area contributed by atoms with Crippen LogP contribution in [0.3, 0.4) is 0 Å². The molecule has 124 valence electrons. The Morgan fingerprint density at radius 3 is 2.24 bits per heavy atom. The number of benzene rings is 3. The molecule has 1 aromatic heterocycles. The van der Waals surface area contributed by atoms with Crippen molar-refractivity contribution in [3.05, 3.63) is 78.4 Å². The maximum absolute atomic E-state index is 13.2. The van der Waals surface area contributed by atoms with E-state index in [4.69, 9.17) is 4.42 Å². The van der Waals surface area contributed by atoms with Gasteiger partial charge in [-0.15, -0.1) is 0 Å². The van der Waals surface area contributed by atoms with Gasteiger partial charge in [0.25, 0.3) is 0 Å². The van der Waals surface area contributed by atoms with Gasteiger partial charge >= 0.3 is 6.18 Å². The van der Waals surface area contributed by atoms with Gasteiger partial charge in [0.1, 0.15) is 5.52 Å². The normalized spacial score (nSPS) is 11.8. The minimum Gasteiger partial charge on any atom is -0.436 e. The number of halogens is 3. The predicted molar refractivity (Wildman–Crippen MR) is 89.9 cm³/mol. The number of aromatic nitrogens is 1. The third-order valence-corrected chi connectivity index (χ3v) is 3.95. The zero-order valence-corrected chi connectivity index (χ0v) is 12.9. The van der Waals surface area contributed by atoms with Gasteiger partial charge in [-0.05, 0) is 41.5 Å². The molecule has 0 saturated heterocycles. The first-order chi connectivity index (χ1) is 12.0. The van der Waals surface area contributed by atoms with Crippen LogP contribution in [0.5, 0.6) is 0 Å². The topological polar surface area (TPSA) is 26.0 Å². The molecular formula is C20H12F3NO. The van der Waals surface area contributed by atoms with Crippen LogP contribution in [0.1, 0.15) is 5.56 Å². The molecule has 3 aromatic carbocycles. The average molecular weight is 339 g/mol. The number of nitrogens with zero attached hydrogens (tertiary/aromatic N) is 1. The molecule has 2 nitrogen and oxygen atoms in total. The van der Waals surface area contributed by atoms with Crippen molar-refractivity contribution in [3.63, 3.8) is 0 Å². The predicted octanol–water partition coefficient (Wildman–Crippen LogP) is 6.18. The van der Waals surface area contributed by atoms with Crippen molar-refractivity contribution in [3.8, 4) is 22.6 Å². The molecule has 0 aliphatic rings. The first kappa shape index (κ1) is 15.4. The molecule has 0 atom stereocenters. The second kappa shape index (κ2) is 5.77. The SMILES string of the molecule is FC(F)(F)c1ccccc1-c1ccc2nc(-c3ccccc3)oc2c1. The molecule has 4 rings (SSSR count). The monoisotopic (exact) mass is 339 g/mol. The average Bonchev–Trinajstić information content (AvgIpc) is 3.05. The Balaban J connectivity index is 1.83. The molecule has 0 amide bonds. The van der Waals surface area contributed by atoms with Crippen LogP contribution in [0.25, 0.3) is 33.7 Å². The standard InChI is InChI=1S/C20H12F3NO/c21-20(22,23)16-9-5-4-8-15(16)14-10-11-17-18(12-14)25-19(24-17)13-6-2-1-3-7-13/h1-12H. The summed E-state index contributed by atoms with van der Waals surface area (Å²) in [5.41, 5.74) is 1.76. The first-order valence-corrected chi connectivity index (χ1v) is 7.65. The minimum atomic E-state index is -4.41. The number of hydrogen-bond acceptors (Lipinski definition) is 2. The van der Waals surface area contributed by atoms with Gasteiger partial charge in [-0.2, -0.15) is 13.2 Å².